The number of nitrogens with zero attached hydrogens (tertiary/aromatic N) is 2. The molecule has 1 aromatic rings. The van der Waals surface area contributed by atoms with Gasteiger partial charge in [-0.25, -0.2) is 0 Å². The summed E-state index contributed by atoms with van der Waals surface area (Å²) < 4.78 is 0. The predicted molar refractivity (Wildman–Crippen MR) is 81.4 cm³/mol. The third-order valence-electron chi connectivity index (χ3n) is 3.94. The Bertz CT molecular complexity index is 403. The van der Waals surface area contributed by atoms with E-state index in [1.807, 2.05) is 6.20 Å². The smallest absolute Gasteiger partial charge is 0.0562 e. The number of hydrogen-bond donors (Lipinski definition) is 1. The average Bonchev–Trinajstić information content (AvgIpc) is 2.39. The summed E-state index contributed by atoms with van der Waals surface area (Å²) in [7, 11) is 0. The maximum absolute atomic E-state index is 4.46. The van der Waals surface area contributed by atoms with Gasteiger partial charge in [-0.15, -0.1) is 0 Å². The summed E-state index contributed by atoms with van der Waals surface area (Å²) in [5.41, 5.74) is 2.46. The Labute approximate surface area is 117 Å². The number of rotatable bonds is 4. The van der Waals surface area contributed by atoms with Crippen molar-refractivity contribution in [1.29, 1.82) is 0 Å². The molecule has 1 aromatic heterocycles. The molecule has 1 aliphatic rings. The van der Waals surface area contributed by atoms with Crippen molar-refractivity contribution in [3.05, 3.63) is 24.0 Å². The molecule has 1 N–H and O–H groups in total. The molecule has 3 heteroatoms. The molecule has 0 aromatic carbocycles. The molecule has 0 bridgehead atoms. The van der Waals surface area contributed by atoms with Crippen LogP contribution in [0.1, 0.15) is 46.2 Å². The zero-order chi connectivity index (χ0) is 13.8. The lowest BCUT2D eigenvalue weighted by molar-refractivity contribution is 0.390. The molecule has 106 valence electrons. The third kappa shape index (κ3) is 3.93. The van der Waals surface area contributed by atoms with E-state index in [-0.39, 0.29) is 0 Å². The van der Waals surface area contributed by atoms with Gasteiger partial charge in [0.1, 0.15) is 0 Å². The van der Waals surface area contributed by atoms with Crippen molar-refractivity contribution in [2.24, 2.45) is 5.92 Å². The molecule has 0 saturated carbocycles. The molecule has 0 aliphatic carbocycles. The molecule has 0 amide bonds. The van der Waals surface area contributed by atoms with E-state index in [1.165, 1.54) is 25.1 Å². The lowest BCUT2D eigenvalue weighted by Gasteiger charge is -2.38. The van der Waals surface area contributed by atoms with Crippen LogP contribution in [-0.2, 0) is 6.54 Å². The SMILES string of the molecule is CC1CCC(C)N(c2ccnc(CNC(C)C)c2)C1. The van der Waals surface area contributed by atoms with Gasteiger partial charge in [0, 0.05) is 37.1 Å². The minimum absolute atomic E-state index is 0.499. The van der Waals surface area contributed by atoms with Crippen LogP contribution >= 0.6 is 0 Å². The van der Waals surface area contributed by atoms with Crippen molar-refractivity contribution in [3.63, 3.8) is 0 Å². The van der Waals surface area contributed by atoms with Crippen LogP contribution in [-0.4, -0.2) is 23.6 Å². The van der Waals surface area contributed by atoms with E-state index < -0.39 is 0 Å². The summed E-state index contributed by atoms with van der Waals surface area (Å²) >= 11 is 0. The molecule has 3 nitrogen and oxygen atoms in total. The highest BCUT2D eigenvalue weighted by Gasteiger charge is 2.23. The molecule has 0 radical (unpaired) electrons. The van der Waals surface area contributed by atoms with E-state index in [2.05, 4.69) is 55.0 Å². The van der Waals surface area contributed by atoms with Gasteiger partial charge in [0.2, 0.25) is 0 Å². The van der Waals surface area contributed by atoms with Gasteiger partial charge in [-0.05, 0) is 37.8 Å². The summed E-state index contributed by atoms with van der Waals surface area (Å²) in [5, 5.41) is 3.43. The average molecular weight is 261 g/mol. The van der Waals surface area contributed by atoms with Crippen LogP contribution in [0.2, 0.25) is 0 Å². The summed E-state index contributed by atoms with van der Waals surface area (Å²) in [6, 6.07) is 5.53. The van der Waals surface area contributed by atoms with E-state index in [0.29, 0.717) is 12.1 Å². The third-order valence-corrected chi connectivity index (χ3v) is 3.94. The number of pyridine rings is 1. The van der Waals surface area contributed by atoms with Gasteiger partial charge in [-0.3, -0.25) is 4.98 Å². The fourth-order valence-corrected chi connectivity index (χ4v) is 2.70. The fraction of sp³-hybridized carbons (Fsp3) is 0.688. The summed E-state index contributed by atoms with van der Waals surface area (Å²) in [5.74, 6) is 0.793. The second-order valence-electron chi connectivity index (χ2n) is 6.22. The van der Waals surface area contributed by atoms with E-state index in [9.17, 15) is 0 Å². The Morgan fingerprint density at radius 1 is 1.37 bits per heavy atom. The molecule has 2 atom stereocenters. The second-order valence-corrected chi connectivity index (χ2v) is 6.22. The lowest BCUT2D eigenvalue weighted by Crippen LogP contribution is -2.41. The van der Waals surface area contributed by atoms with Gasteiger partial charge in [0.15, 0.2) is 0 Å². The van der Waals surface area contributed by atoms with Crippen molar-refractivity contribution in [3.8, 4) is 0 Å². The van der Waals surface area contributed by atoms with E-state index in [4.69, 9.17) is 0 Å². The second kappa shape index (κ2) is 6.38. The first-order valence-corrected chi connectivity index (χ1v) is 7.51. The normalized spacial score (nSPS) is 23.9. The Morgan fingerprint density at radius 3 is 2.89 bits per heavy atom. The van der Waals surface area contributed by atoms with Gasteiger partial charge in [-0.1, -0.05) is 20.8 Å². The fourth-order valence-electron chi connectivity index (χ4n) is 2.70. The first-order valence-electron chi connectivity index (χ1n) is 7.51. The number of nitrogens with one attached hydrogen (secondary N) is 1. The number of hydrogen-bond acceptors (Lipinski definition) is 3. The molecule has 2 heterocycles. The topological polar surface area (TPSA) is 28.2 Å². The predicted octanol–water partition coefficient (Wildman–Crippen LogP) is 3.20. The highest BCUT2D eigenvalue weighted by Crippen LogP contribution is 2.27. The molecule has 0 spiro atoms. The first kappa shape index (κ1) is 14.3. The van der Waals surface area contributed by atoms with E-state index >= 15 is 0 Å². The van der Waals surface area contributed by atoms with Crippen LogP contribution in [0.15, 0.2) is 18.3 Å². The zero-order valence-electron chi connectivity index (χ0n) is 12.7. The number of anilines is 1. The summed E-state index contributed by atoms with van der Waals surface area (Å²) in [6.45, 7) is 11.0. The number of aromatic nitrogens is 1. The molecule has 1 fully saturated rings. The van der Waals surface area contributed by atoms with Crippen LogP contribution < -0.4 is 10.2 Å². The molecular weight excluding hydrogens is 234 g/mol. The Kier molecular flexibility index (Phi) is 4.81. The largest absolute Gasteiger partial charge is 0.368 e. The van der Waals surface area contributed by atoms with Crippen LogP contribution in [0.4, 0.5) is 5.69 Å². The lowest BCUT2D eigenvalue weighted by atomic mass is 9.94. The van der Waals surface area contributed by atoms with Gasteiger partial charge >= 0.3 is 0 Å². The van der Waals surface area contributed by atoms with Gasteiger partial charge in [0.25, 0.3) is 0 Å². The monoisotopic (exact) mass is 261 g/mol. The molecular formula is C16H27N3. The zero-order valence-corrected chi connectivity index (χ0v) is 12.7. The number of piperidine rings is 1. The van der Waals surface area contributed by atoms with E-state index in [1.54, 1.807) is 0 Å². The van der Waals surface area contributed by atoms with Gasteiger partial charge in [-0.2, -0.15) is 0 Å². The van der Waals surface area contributed by atoms with Gasteiger partial charge in [0.05, 0.1) is 5.69 Å². The summed E-state index contributed by atoms with van der Waals surface area (Å²) in [4.78, 5) is 7.00. The van der Waals surface area contributed by atoms with Gasteiger partial charge < -0.3 is 10.2 Å². The van der Waals surface area contributed by atoms with Crippen LogP contribution in [0.3, 0.4) is 0 Å². The molecule has 1 aliphatic heterocycles. The quantitative estimate of drug-likeness (QED) is 0.902. The minimum atomic E-state index is 0.499. The first-order chi connectivity index (χ1) is 9.06. The Morgan fingerprint density at radius 2 is 2.16 bits per heavy atom. The highest BCUT2D eigenvalue weighted by molar-refractivity contribution is 5.48. The molecule has 2 rings (SSSR count). The standard InChI is InChI=1S/C16H27N3/c1-12(2)18-10-15-9-16(7-8-17-15)19-11-13(3)5-6-14(19)4/h7-9,12-14,18H,5-6,10-11H2,1-4H3. The Balaban J connectivity index is 2.08. The maximum Gasteiger partial charge on any atom is 0.0562 e. The molecule has 19 heavy (non-hydrogen) atoms. The summed E-state index contributed by atoms with van der Waals surface area (Å²) in [6.07, 6.45) is 4.59. The maximum atomic E-state index is 4.46. The van der Waals surface area contributed by atoms with Crippen LogP contribution in [0.5, 0.6) is 0 Å². The van der Waals surface area contributed by atoms with E-state index in [0.717, 1.165) is 18.2 Å². The van der Waals surface area contributed by atoms with Crippen molar-refractivity contribution in [1.82, 2.24) is 10.3 Å². The Hall–Kier alpha value is -1.09. The molecule has 2 unspecified atom stereocenters. The highest BCUT2D eigenvalue weighted by atomic mass is 15.2. The van der Waals surface area contributed by atoms with Crippen molar-refractivity contribution in [2.45, 2.75) is 59.2 Å². The molecule has 1 saturated heterocycles. The van der Waals surface area contributed by atoms with Crippen LogP contribution in [0.25, 0.3) is 0 Å². The minimum Gasteiger partial charge on any atom is -0.368 e. The van der Waals surface area contributed by atoms with Crippen molar-refractivity contribution in [2.75, 3.05) is 11.4 Å². The van der Waals surface area contributed by atoms with Crippen LogP contribution in [0, 0.1) is 5.92 Å². The van der Waals surface area contributed by atoms with Crippen molar-refractivity contribution < 1.29 is 0 Å². The van der Waals surface area contributed by atoms with Crippen molar-refractivity contribution >= 4 is 5.69 Å².